The fourth-order valence-corrected chi connectivity index (χ4v) is 5.19. The van der Waals surface area contributed by atoms with Crippen molar-refractivity contribution < 1.29 is 46.9 Å². The number of halogens is 3. The monoisotopic (exact) mass is 680 g/mol. The number of alkyl halides is 3. The smallest absolute Gasteiger partial charge is 0.389 e. The zero-order valence-corrected chi connectivity index (χ0v) is 28.1. The summed E-state index contributed by atoms with van der Waals surface area (Å²) in [6.07, 6.45) is -5.15. The Hall–Kier alpha value is -4.04. The van der Waals surface area contributed by atoms with Crippen LogP contribution in [0.15, 0.2) is 42.5 Å². The molecule has 4 atom stereocenters. The van der Waals surface area contributed by atoms with Crippen molar-refractivity contribution in [3.63, 3.8) is 0 Å². The molecule has 0 aliphatic carbocycles. The van der Waals surface area contributed by atoms with Gasteiger partial charge in [0.1, 0.15) is 11.5 Å². The van der Waals surface area contributed by atoms with Gasteiger partial charge in [0, 0.05) is 50.5 Å². The topological polar surface area (TPSA) is 130 Å². The average Bonchev–Trinajstić information content (AvgIpc) is 3.05. The minimum atomic E-state index is -4.48. The molecule has 3 rings (SSSR count). The lowest BCUT2D eigenvalue weighted by atomic mass is 10.0. The first kappa shape index (κ1) is 38.4. The van der Waals surface area contributed by atoms with Gasteiger partial charge in [0.15, 0.2) is 0 Å². The largest absolute Gasteiger partial charge is 0.497 e. The summed E-state index contributed by atoms with van der Waals surface area (Å²) in [5.41, 5.74) is 0.822. The molecule has 1 aliphatic heterocycles. The van der Waals surface area contributed by atoms with Gasteiger partial charge in [-0.1, -0.05) is 6.92 Å². The van der Waals surface area contributed by atoms with E-state index in [0.29, 0.717) is 24.5 Å². The number of hydrogen-bond donors (Lipinski definition) is 3. The standard InChI is InChI=1S/C34H47F3N4O7/c1-22-19-41(23(2)21-42)32(44)28-18-26(38-31(43)15-16-34(35,36)37)11-14-29(28)48-24(3)8-6-7-17-47-30(22)20-40(4)33(45)39-25-9-12-27(46-5)13-10-25/h9-14,18,22-24,30,42H,6-8,15-17,19-21H2,1-5H3,(H,38,43)(H,39,45)/t22-,23+,24+,30-/m1/s1. The second-order valence-corrected chi connectivity index (χ2v) is 12.2. The van der Waals surface area contributed by atoms with Crippen LogP contribution in [-0.4, -0.2) is 97.6 Å². The molecule has 3 N–H and O–H groups in total. The van der Waals surface area contributed by atoms with Crippen molar-refractivity contribution in [3.05, 3.63) is 48.0 Å². The third-order valence-corrected chi connectivity index (χ3v) is 8.11. The summed E-state index contributed by atoms with van der Waals surface area (Å²) >= 11 is 0. The van der Waals surface area contributed by atoms with Crippen LogP contribution >= 0.6 is 0 Å². The number of amides is 4. The van der Waals surface area contributed by atoms with Crippen molar-refractivity contribution >= 4 is 29.2 Å². The molecule has 14 heteroatoms. The van der Waals surface area contributed by atoms with Gasteiger partial charge in [-0.05, 0) is 75.6 Å². The molecule has 11 nitrogen and oxygen atoms in total. The Morgan fingerprint density at radius 2 is 1.79 bits per heavy atom. The van der Waals surface area contributed by atoms with Crippen LogP contribution in [0, 0.1) is 5.92 Å². The van der Waals surface area contributed by atoms with Crippen LogP contribution in [0.5, 0.6) is 11.5 Å². The van der Waals surface area contributed by atoms with Gasteiger partial charge in [-0.2, -0.15) is 13.2 Å². The Balaban J connectivity index is 1.86. The molecule has 0 saturated carbocycles. The molecule has 0 unspecified atom stereocenters. The predicted molar refractivity (Wildman–Crippen MR) is 175 cm³/mol. The van der Waals surface area contributed by atoms with Crippen LogP contribution in [0.1, 0.15) is 63.2 Å². The van der Waals surface area contributed by atoms with Gasteiger partial charge in [-0.15, -0.1) is 0 Å². The van der Waals surface area contributed by atoms with Crippen molar-refractivity contribution in [1.29, 1.82) is 0 Å². The quantitative estimate of drug-likeness (QED) is 0.299. The molecule has 2 aromatic rings. The number of aliphatic hydroxyl groups is 1. The van der Waals surface area contributed by atoms with Gasteiger partial charge in [-0.3, -0.25) is 9.59 Å². The number of likely N-dealkylation sites (N-methyl/N-ethyl adjacent to an activating group) is 1. The summed E-state index contributed by atoms with van der Waals surface area (Å²) in [5, 5.41) is 15.4. The number of methoxy groups -OCH3 is 1. The predicted octanol–water partition coefficient (Wildman–Crippen LogP) is 5.94. The summed E-state index contributed by atoms with van der Waals surface area (Å²) in [6.45, 7) is 5.86. The molecule has 48 heavy (non-hydrogen) atoms. The summed E-state index contributed by atoms with van der Waals surface area (Å²) in [5.74, 6) is -0.744. The maximum Gasteiger partial charge on any atom is 0.389 e. The molecular formula is C34H47F3N4O7. The molecule has 266 valence electrons. The van der Waals surface area contributed by atoms with E-state index in [9.17, 15) is 32.7 Å². The molecule has 0 aromatic heterocycles. The van der Waals surface area contributed by atoms with E-state index in [-0.39, 0.29) is 54.7 Å². The van der Waals surface area contributed by atoms with Crippen LogP contribution in [0.2, 0.25) is 0 Å². The van der Waals surface area contributed by atoms with Crippen LogP contribution < -0.4 is 20.1 Å². The van der Waals surface area contributed by atoms with Crippen molar-refractivity contribution in [2.24, 2.45) is 5.92 Å². The van der Waals surface area contributed by atoms with Crippen LogP contribution in [0.25, 0.3) is 0 Å². The molecule has 1 aliphatic rings. The van der Waals surface area contributed by atoms with E-state index in [1.807, 2.05) is 13.8 Å². The highest BCUT2D eigenvalue weighted by molar-refractivity contribution is 5.99. The number of fused-ring (bicyclic) bond motifs is 1. The fourth-order valence-electron chi connectivity index (χ4n) is 5.19. The van der Waals surface area contributed by atoms with E-state index < -0.39 is 43.0 Å². The molecule has 0 radical (unpaired) electrons. The number of nitrogens with zero attached hydrogens (tertiary/aromatic N) is 2. The number of carbonyl (C=O) groups excluding carboxylic acids is 3. The van der Waals surface area contributed by atoms with Gasteiger partial charge < -0.3 is 39.8 Å². The first-order valence-electron chi connectivity index (χ1n) is 16.1. The first-order valence-corrected chi connectivity index (χ1v) is 16.1. The Morgan fingerprint density at radius 3 is 2.44 bits per heavy atom. The zero-order chi connectivity index (χ0) is 35.4. The Bertz CT molecular complexity index is 1360. The lowest BCUT2D eigenvalue weighted by Crippen LogP contribution is -2.48. The van der Waals surface area contributed by atoms with Gasteiger partial charge in [0.05, 0.1) is 44.0 Å². The Labute approximate surface area is 279 Å². The van der Waals surface area contributed by atoms with Gasteiger partial charge >= 0.3 is 12.2 Å². The number of carbonyl (C=O) groups is 3. The summed E-state index contributed by atoms with van der Waals surface area (Å²) in [6, 6.07) is 10.3. The molecule has 0 bridgehead atoms. The van der Waals surface area contributed by atoms with E-state index in [1.54, 1.807) is 45.3 Å². The van der Waals surface area contributed by atoms with E-state index in [2.05, 4.69) is 10.6 Å². The maximum atomic E-state index is 14.2. The molecule has 2 aromatic carbocycles. The van der Waals surface area contributed by atoms with Gasteiger partial charge in [0.25, 0.3) is 5.91 Å². The summed E-state index contributed by atoms with van der Waals surface area (Å²) in [7, 11) is 3.21. The molecule has 0 fully saturated rings. The van der Waals surface area contributed by atoms with Crippen molar-refractivity contribution in [2.45, 2.75) is 77.3 Å². The van der Waals surface area contributed by atoms with Crippen molar-refractivity contribution in [1.82, 2.24) is 9.80 Å². The number of aliphatic hydroxyl groups excluding tert-OH is 1. The number of nitrogens with one attached hydrogen (secondary N) is 2. The lowest BCUT2D eigenvalue weighted by molar-refractivity contribution is -0.142. The number of ether oxygens (including phenoxy) is 3. The minimum Gasteiger partial charge on any atom is -0.497 e. The first-order chi connectivity index (χ1) is 22.7. The van der Waals surface area contributed by atoms with Crippen molar-refractivity contribution in [2.75, 3.05) is 51.1 Å². The van der Waals surface area contributed by atoms with Gasteiger partial charge in [0.2, 0.25) is 5.91 Å². The molecule has 0 spiro atoms. The van der Waals surface area contributed by atoms with Crippen LogP contribution in [0.4, 0.5) is 29.3 Å². The molecule has 4 amide bonds. The second kappa shape index (κ2) is 17.9. The highest BCUT2D eigenvalue weighted by Crippen LogP contribution is 2.29. The SMILES string of the molecule is COc1ccc(NC(=O)N(C)C[C@H]2OCCCC[C@H](C)Oc3ccc(NC(=O)CCC(F)(F)F)cc3C(=O)N([C@@H](C)CO)C[C@H]2C)cc1. The summed E-state index contributed by atoms with van der Waals surface area (Å²) < 4.78 is 55.6. The highest BCUT2D eigenvalue weighted by Gasteiger charge is 2.32. The van der Waals surface area contributed by atoms with E-state index in [4.69, 9.17) is 14.2 Å². The normalized spacial score (nSPS) is 20.1. The van der Waals surface area contributed by atoms with Gasteiger partial charge in [-0.25, -0.2) is 4.79 Å². The Kier molecular flexibility index (Phi) is 14.3. The average molecular weight is 681 g/mol. The van der Waals surface area contributed by atoms with Crippen LogP contribution in [0.3, 0.4) is 0 Å². The number of hydrogen-bond acceptors (Lipinski definition) is 7. The number of urea groups is 1. The number of rotatable bonds is 9. The van der Waals surface area contributed by atoms with E-state index >= 15 is 0 Å². The van der Waals surface area contributed by atoms with E-state index in [0.717, 1.165) is 12.8 Å². The lowest BCUT2D eigenvalue weighted by Gasteiger charge is -2.35. The highest BCUT2D eigenvalue weighted by atomic mass is 19.4. The molecule has 1 heterocycles. The second-order valence-electron chi connectivity index (χ2n) is 12.2. The minimum absolute atomic E-state index is 0.0912. The van der Waals surface area contributed by atoms with Crippen LogP contribution in [-0.2, 0) is 9.53 Å². The maximum absolute atomic E-state index is 14.2. The third-order valence-electron chi connectivity index (χ3n) is 8.11. The van der Waals surface area contributed by atoms with E-state index in [1.165, 1.54) is 28.0 Å². The molecule has 0 saturated heterocycles. The fraction of sp³-hybridized carbons (Fsp3) is 0.559. The van der Waals surface area contributed by atoms with Crippen molar-refractivity contribution in [3.8, 4) is 11.5 Å². The number of anilines is 2. The summed E-state index contributed by atoms with van der Waals surface area (Å²) in [4.78, 5) is 42.5. The zero-order valence-electron chi connectivity index (χ0n) is 28.1. The third kappa shape index (κ3) is 11.9. The number of benzene rings is 2. The molecular weight excluding hydrogens is 633 g/mol. The Morgan fingerprint density at radius 1 is 1.10 bits per heavy atom.